The number of hydrogen-bond acceptors (Lipinski definition) is 6. The Hall–Kier alpha value is -4.66. The monoisotopic (exact) mass is 550 g/mol. The van der Waals surface area contributed by atoms with Gasteiger partial charge in [-0.25, -0.2) is 4.98 Å². The normalized spacial score (nSPS) is 12.3. The highest BCUT2D eigenvalue weighted by molar-refractivity contribution is 5.95. The number of aliphatic hydroxyl groups excluding tert-OH is 1. The van der Waals surface area contributed by atoms with Crippen molar-refractivity contribution in [3.63, 3.8) is 0 Å². The third-order valence-electron chi connectivity index (χ3n) is 6.78. The molecule has 0 aliphatic carbocycles. The molecule has 2 aromatic heterocycles. The largest absolute Gasteiger partial charge is 0.490 e. The number of hydrogen-bond donors (Lipinski definition) is 4. The average molecular weight is 551 g/mol. The van der Waals surface area contributed by atoms with Crippen LogP contribution < -0.4 is 20.5 Å². The van der Waals surface area contributed by atoms with Crippen molar-refractivity contribution in [2.45, 2.75) is 31.9 Å². The summed E-state index contributed by atoms with van der Waals surface area (Å²) in [5.74, 6) is 0.854. The number of amides is 1. The second kappa shape index (κ2) is 12.2. The molecule has 8 nitrogen and oxygen atoms in total. The van der Waals surface area contributed by atoms with Crippen LogP contribution in [0.2, 0.25) is 0 Å². The van der Waals surface area contributed by atoms with Crippen LogP contribution in [0.3, 0.4) is 0 Å². The number of β-amino-alcohol motifs (C(OH)–C–C–N with tert-alkyl or cyclic N) is 1. The number of nitrogens with zero attached hydrogens (tertiary/aromatic N) is 1. The summed E-state index contributed by atoms with van der Waals surface area (Å²) in [5, 5.41) is 15.3. The van der Waals surface area contributed by atoms with Gasteiger partial charge >= 0.3 is 0 Å². The van der Waals surface area contributed by atoms with Crippen LogP contribution in [-0.4, -0.2) is 45.8 Å². The number of carbonyl (C=O) groups is 1. The minimum Gasteiger partial charge on any atom is -0.490 e. The van der Waals surface area contributed by atoms with Crippen LogP contribution in [0.4, 0.5) is 0 Å². The van der Waals surface area contributed by atoms with Gasteiger partial charge in [0, 0.05) is 34.7 Å². The van der Waals surface area contributed by atoms with Crippen LogP contribution in [0, 0.1) is 0 Å². The summed E-state index contributed by atoms with van der Waals surface area (Å²) in [6.07, 6.45) is 1.57. The first-order chi connectivity index (χ1) is 19.8. The van der Waals surface area contributed by atoms with E-state index in [0.717, 1.165) is 34.1 Å². The van der Waals surface area contributed by atoms with E-state index in [9.17, 15) is 9.90 Å². The summed E-state index contributed by atoms with van der Waals surface area (Å²) < 4.78 is 11.8. The zero-order valence-electron chi connectivity index (χ0n) is 23.1. The number of fused-ring (bicyclic) bond motifs is 1. The number of aliphatic hydroxyl groups is 1. The number of aromatic amines is 1. The number of pyridine rings is 1. The van der Waals surface area contributed by atoms with Gasteiger partial charge in [0.2, 0.25) is 5.88 Å². The lowest BCUT2D eigenvalue weighted by atomic mass is 9.94. The van der Waals surface area contributed by atoms with E-state index in [1.165, 1.54) is 0 Å². The molecule has 3 aromatic carbocycles. The minimum absolute atomic E-state index is 0.160. The molecule has 1 atom stereocenters. The fourth-order valence-corrected chi connectivity index (χ4v) is 4.69. The van der Waals surface area contributed by atoms with Crippen molar-refractivity contribution < 1.29 is 19.4 Å². The lowest BCUT2D eigenvalue weighted by Crippen LogP contribution is -2.46. The molecule has 5 rings (SSSR count). The van der Waals surface area contributed by atoms with E-state index in [-0.39, 0.29) is 23.6 Å². The molecular formula is C33H34N4O4. The number of ether oxygens (including phenoxy) is 2. The first-order valence-corrected chi connectivity index (χ1v) is 13.5. The lowest BCUT2D eigenvalue weighted by Gasteiger charge is -2.28. The Morgan fingerprint density at radius 3 is 2.56 bits per heavy atom. The van der Waals surface area contributed by atoms with E-state index in [0.29, 0.717) is 18.0 Å². The van der Waals surface area contributed by atoms with Gasteiger partial charge in [-0.3, -0.25) is 4.79 Å². The highest BCUT2D eigenvalue weighted by Crippen LogP contribution is 2.31. The number of nitrogens with one attached hydrogen (secondary N) is 2. The minimum atomic E-state index is -0.696. The van der Waals surface area contributed by atoms with Crippen LogP contribution in [0.1, 0.15) is 29.8 Å². The Morgan fingerprint density at radius 2 is 1.78 bits per heavy atom. The van der Waals surface area contributed by atoms with Gasteiger partial charge in [0.1, 0.15) is 29.8 Å². The predicted molar refractivity (Wildman–Crippen MR) is 160 cm³/mol. The van der Waals surface area contributed by atoms with Crippen molar-refractivity contribution in [2.75, 3.05) is 13.2 Å². The van der Waals surface area contributed by atoms with Gasteiger partial charge < -0.3 is 30.6 Å². The highest BCUT2D eigenvalue weighted by Gasteiger charge is 2.20. The zero-order valence-corrected chi connectivity index (χ0v) is 23.1. The number of aromatic nitrogens is 2. The summed E-state index contributed by atoms with van der Waals surface area (Å²) >= 11 is 0. The second-order valence-electron chi connectivity index (χ2n) is 10.6. The quantitative estimate of drug-likeness (QED) is 0.163. The number of rotatable bonds is 12. The molecule has 1 amide bonds. The van der Waals surface area contributed by atoms with Gasteiger partial charge in [-0.05, 0) is 74.4 Å². The van der Waals surface area contributed by atoms with Gasteiger partial charge in [-0.15, -0.1) is 0 Å². The SMILES string of the molecule is CC(C)(Cc1ccc(Oc2ncccc2C(N)=O)cc1)NC[C@H](O)COc1ccccc1-c1cc2ccccc2[nH]1. The average Bonchev–Trinajstić information content (AvgIpc) is 3.40. The molecule has 0 fully saturated rings. The number of carbonyl (C=O) groups excluding carboxylic acids is 1. The van der Waals surface area contributed by atoms with Crippen molar-refractivity contribution in [3.8, 4) is 28.6 Å². The van der Waals surface area contributed by atoms with E-state index in [1.54, 1.807) is 18.3 Å². The Bertz CT molecular complexity index is 1600. The molecule has 0 saturated heterocycles. The van der Waals surface area contributed by atoms with Crippen LogP contribution >= 0.6 is 0 Å². The number of primary amides is 1. The molecule has 8 heteroatoms. The van der Waals surface area contributed by atoms with Crippen molar-refractivity contribution in [2.24, 2.45) is 5.73 Å². The molecule has 2 heterocycles. The second-order valence-corrected chi connectivity index (χ2v) is 10.6. The van der Waals surface area contributed by atoms with E-state index in [4.69, 9.17) is 15.2 Å². The van der Waals surface area contributed by atoms with Crippen molar-refractivity contribution >= 4 is 16.8 Å². The van der Waals surface area contributed by atoms with Crippen molar-refractivity contribution in [1.29, 1.82) is 0 Å². The maximum Gasteiger partial charge on any atom is 0.254 e. The number of para-hydroxylation sites is 2. The Labute approximate surface area is 239 Å². The number of nitrogens with two attached hydrogens (primary N) is 1. The molecule has 0 aliphatic heterocycles. The summed E-state index contributed by atoms with van der Waals surface area (Å²) in [4.78, 5) is 19.2. The molecule has 210 valence electrons. The summed E-state index contributed by atoms with van der Waals surface area (Å²) in [6.45, 7) is 4.71. The van der Waals surface area contributed by atoms with E-state index in [1.807, 2.05) is 66.7 Å². The number of H-pyrrole nitrogens is 1. The third kappa shape index (κ3) is 7.11. The zero-order chi connectivity index (χ0) is 28.8. The molecular weight excluding hydrogens is 516 g/mol. The van der Waals surface area contributed by atoms with Gasteiger partial charge in [-0.2, -0.15) is 0 Å². The predicted octanol–water partition coefficient (Wildman–Crippen LogP) is 5.47. The summed E-state index contributed by atoms with van der Waals surface area (Å²) in [6, 6.07) is 28.9. The molecule has 0 saturated carbocycles. The van der Waals surface area contributed by atoms with E-state index < -0.39 is 12.0 Å². The van der Waals surface area contributed by atoms with Gasteiger partial charge in [0.15, 0.2) is 0 Å². The Kier molecular flexibility index (Phi) is 8.33. The summed E-state index contributed by atoms with van der Waals surface area (Å²) in [5.41, 5.74) is 9.43. The van der Waals surface area contributed by atoms with Crippen LogP contribution in [0.25, 0.3) is 22.2 Å². The fraction of sp³-hybridized carbons (Fsp3) is 0.212. The van der Waals surface area contributed by atoms with Crippen LogP contribution in [0.15, 0.2) is 97.2 Å². The first-order valence-electron chi connectivity index (χ1n) is 13.5. The lowest BCUT2D eigenvalue weighted by molar-refractivity contribution is 0.0991. The van der Waals surface area contributed by atoms with Gasteiger partial charge in [0.25, 0.3) is 5.91 Å². The molecule has 0 spiro atoms. The molecule has 5 N–H and O–H groups in total. The topological polar surface area (TPSA) is 122 Å². The van der Waals surface area contributed by atoms with Crippen molar-refractivity contribution in [3.05, 3.63) is 108 Å². The molecule has 0 radical (unpaired) electrons. The molecule has 0 aliphatic rings. The van der Waals surface area contributed by atoms with Crippen LogP contribution in [0.5, 0.6) is 17.4 Å². The number of benzene rings is 3. The smallest absolute Gasteiger partial charge is 0.254 e. The molecule has 41 heavy (non-hydrogen) atoms. The van der Waals surface area contributed by atoms with Crippen LogP contribution in [-0.2, 0) is 6.42 Å². The van der Waals surface area contributed by atoms with E-state index >= 15 is 0 Å². The molecule has 5 aromatic rings. The molecule has 0 bridgehead atoms. The first kappa shape index (κ1) is 27.9. The maximum atomic E-state index is 11.6. The Morgan fingerprint density at radius 1 is 1.02 bits per heavy atom. The maximum absolute atomic E-state index is 11.6. The Balaban J connectivity index is 1.14. The highest BCUT2D eigenvalue weighted by atomic mass is 16.5. The van der Waals surface area contributed by atoms with Gasteiger partial charge in [0.05, 0.1) is 5.69 Å². The third-order valence-corrected chi connectivity index (χ3v) is 6.78. The summed E-state index contributed by atoms with van der Waals surface area (Å²) in [7, 11) is 0. The van der Waals surface area contributed by atoms with E-state index in [2.05, 4.69) is 41.3 Å². The fourth-order valence-electron chi connectivity index (χ4n) is 4.69. The molecule has 0 unspecified atom stereocenters. The standard InChI is InChI=1S/C33H34N4O4/c1-33(2,19-22-13-15-25(16-14-22)41-32-27(31(34)39)10-7-17-35-32)36-20-24(38)21-40-30-12-6-4-9-26(30)29-18-23-8-3-5-11-28(23)37-29/h3-18,24,36-38H,19-21H2,1-2H3,(H2,34,39)/t24-/m0/s1. The van der Waals surface area contributed by atoms with Crippen molar-refractivity contribution in [1.82, 2.24) is 15.3 Å². The van der Waals surface area contributed by atoms with Gasteiger partial charge in [-0.1, -0.05) is 42.5 Å².